The molecule has 0 aromatic carbocycles. The lowest BCUT2D eigenvalue weighted by Crippen LogP contribution is -2.43. The Labute approximate surface area is 113 Å². The van der Waals surface area contributed by atoms with Crippen LogP contribution in [0.2, 0.25) is 0 Å². The Kier molecular flexibility index (Phi) is 4.76. The number of hydrogen-bond acceptors (Lipinski definition) is 4. The summed E-state index contributed by atoms with van der Waals surface area (Å²) in [6.07, 6.45) is 3.71. The van der Waals surface area contributed by atoms with Gasteiger partial charge in [0.05, 0.1) is 12.5 Å². The van der Waals surface area contributed by atoms with E-state index in [4.69, 9.17) is 10.8 Å². The number of carbonyl (C=O) groups is 2. The largest absolute Gasteiger partial charge is 0.480 e. The van der Waals surface area contributed by atoms with E-state index in [1.54, 1.807) is 0 Å². The zero-order valence-electron chi connectivity index (χ0n) is 11.3. The molecule has 1 heterocycles. The van der Waals surface area contributed by atoms with Gasteiger partial charge in [-0.1, -0.05) is 6.42 Å². The number of nitrogens with zero attached hydrogens (tertiary/aromatic N) is 2. The molecule has 0 aromatic heterocycles. The molecule has 1 saturated carbocycles. The van der Waals surface area contributed by atoms with Crippen LogP contribution in [0.4, 0.5) is 0 Å². The summed E-state index contributed by atoms with van der Waals surface area (Å²) in [6.45, 7) is 2.78. The molecular weight excluding hydrogens is 246 g/mol. The molecule has 0 bridgehead atoms. The number of carbonyl (C=O) groups excluding carboxylic acids is 1. The van der Waals surface area contributed by atoms with E-state index in [1.807, 2.05) is 9.80 Å². The predicted molar refractivity (Wildman–Crippen MR) is 70.6 cm³/mol. The molecule has 19 heavy (non-hydrogen) atoms. The molecule has 2 aliphatic rings. The van der Waals surface area contributed by atoms with E-state index < -0.39 is 5.97 Å². The second-order valence-corrected chi connectivity index (χ2v) is 5.55. The Balaban J connectivity index is 1.88. The average Bonchev–Trinajstić information content (AvgIpc) is 2.64. The first-order valence-corrected chi connectivity index (χ1v) is 7.06. The maximum Gasteiger partial charge on any atom is 0.317 e. The van der Waals surface area contributed by atoms with Crippen molar-refractivity contribution in [2.45, 2.75) is 31.7 Å². The highest BCUT2D eigenvalue weighted by Crippen LogP contribution is 2.26. The highest BCUT2D eigenvalue weighted by molar-refractivity contribution is 5.80. The van der Waals surface area contributed by atoms with E-state index in [9.17, 15) is 9.59 Å². The Bertz CT molecular complexity index is 348. The Morgan fingerprint density at radius 3 is 2.53 bits per heavy atom. The Hall–Kier alpha value is -1.14. The SMILES string of the molecule is NC1CCCC1C(=O)N1CCCN(CC(=O)O)CC1. The van der Waals surface area contributed by atoms with Gasteiger partial charge in [0.25, 0.3) is 0 Å². The number of amides is 1. The smallest absolute Gasteiger partial charge is 0.317 e. The predicted octanol–water partition coefficient (Wildman–Crippen LogP) is -0.267. The van der Waals surface area contributed by atoms with Crippen LogP contribution in [0, 0.1) is 5.92 Å². The maximum absolute atomic E-state index is 12.4. The van der Waals surface area contributed by atoms with Crippen molar-refractivity contribution in [3.8, 4) is 0 Å². The van der Waals surface area contributed by atoms with E-state index >= 15 is 0 Å². The molecular formula is C13H23N3O3. The molecule has 2 atom stereocenters. The van der Waals surface area contributed by atoms with E-state index in [2.05, 4.69) is 0 Å². The third-order valence-corrected chi connectivity index (χ3v) is 4.15. The molecule has 3 N–H and O–H groups in total. The summed E-state index contributed by atoms with van der Waals surface area (Å²) in [6, 6.07) is 0.00544. The number of rotatable bonds is 3. The van der Waals surface area contributed by atoms with E-state index in [0.717, 1.165) is 38.8 Å². The van der Waals surface area contributed by atoms with Crippen LogP contribution in [-0.4, -0.2) is 65.5 Å². The molecule has 2 rings (SSSR count). The van der Waals surface area contributed by atoms with E-state index in [0.29, 0.717) is 13.1 Å². The van der Waals surface area contributed by atoms with Crippen LogP contribution < -0.4 is 5.73 Å². The lowest BCUT2D eigenvalue weighted by molar-refractivity contribution is -0.138. The summed E-state index contributed by atoms with van der Waals surface area (Å²) >= 11 is 0. The number of carboxylic acid groups (broad SMARTS) is 1. The number of nitrogens with two attached hydrogens (primary N) is 1. The molecule has 0 aromatic rings. The number of hydrogen-bond donors (Lipinski definition) is 2. The molecule has 1 saturated heterocycles. The third-order valence-electron chi connectivity index (χ3n) is 4.15. The topological polar surface area (TPSA) is 86.9 Å². The van der Waals surface area contributed by atoms with Crippen LogP contribution >= 0.6 is 0 Å². The fourth-order valence-electron chi connectivity index (χ4n) is 3.07. The van der Waals surface area contributed by atoms with E-state index in [1.165, 1.54) is 0 Å². The van der Waals surface area contributed by atoms with Crippen LogP contribution in [-0.2, 0) is 9.59 Å². The minimum absolute atomic E-state index is 0.00544. The van der Waals surface area contributed by atoms with Gasteiger partial charge in [0.1, 0.15) is 0 Å². The molecule has 2 unspecified atom stereocenters. The average molecular weight is 269 g/mol. The van der Waals surface area contributed by atoms with Gasteiger partial charge in [-0.15, -0.1) is 0 Å². The zero-order valence-corrected chi connectivity index (χ0v) is 11.3. The van der Waals surface area contributed by atoms with E-state index in [-0.39, 0.29) is 24.4 Å². The standard InChI is InChI=1S/C13H23N3O3/c14-11-4-1-3-10(11)13(19)16-6-2-5-15(7-8-16)9-12(17)18/h10-11H,1-9,14H2,(H,17,18). The molecule has 1 aliphatic heterocycles. The van der Waals surface area contributed by atoms with Crippen LogP contribution in [0.25, 0.3) is 0 Å². The Morgan fingerprint density at radius 2 is 1.89 bits per heavy atom. The normalized spacial score (nSPS) is 29.2. The molecule has 1 amide bonds. The lowest BCUT2D eigenvalue weighted by atomic mass is 10.0. The van der Waals surface area contributed by atoms with Gasteiger partial charge < -0.3 is 15.7 Å². The first-order valence-electron chi connectivity index (χ1n) is 7.06. The summed E-state index contributed by atoms with van der Waals surface area (Å²) in [5.74, 6) is -0.661. The van der Waals surface area contributed by atoms with Crippen molar-refractivity contribution >= 4 is 11.9 Å². The summed E-state index contributed by atoms with van der Waals surface area (Å²) in [7, 11) is 0. The van der Waals surface area contributed by atoms with Gasteiger partial charge in [-0.25, -0.2) is 0 Å². The van der Waals surface area contributed by atoms with Crippen molar-refractivity contribution in [2.75, 3.05) is 32.7 Å². The van der Waals surface area contributed by atoms with Gasteiger partial charge in [0, 0.05) is 32.2 Å². The van der Waals surface area contributed by atoms with Crippen molar-refractivity contribution in [1.82, 2.24) is 9.80 Å². The van der Waals surface area contributed by atoms with Crippen LogP contribution in [0.15, 0.2) is 0 Å². The molecule has 0 radical (unpaired) electrons. The van der Waals surface area contributed by atoms with Gasteiger partial charge in [0.2, 0.25) is 5.91 Å². The van der Waals surface area contributed by atoms with Crippen molar-refractivity contribution < 1.29 is 14.7 Å². The van der Waals surface area contributed by atoms with Gasteiger partial charge in [0.15, 0.2) is 0 Å². The van der Waals surface area contributed by atoms with Crippen molar-refractivity contribution in [2.24, 2.45) is 11.7 Å². The van der Waals surface area contributed by atoms with Gasteiger partial charge in [-0.3, -0.25) is 14.5 Å². The molecule has 6 nitrogen and oxygen atoms in total. The highest BCUT2D eigenvalue weighted by atomic mass is 16.4. The molecule has 1 aliphatic carbocycles. The second kappa shape index (κ2) is 6.34. The van der Waals surface area contributed by atoms with Gasteiger partial charge >= 0.3 is 5.97 Å². The minimum Gasteiger partial charge on any atom is -0.480 e. The highest BCUT2D eigenvalue weighted by Gasteiger charge is 2.33. The van der Waals surface area contributed by atoms with Gasteiger partial charge in [-0.05, 0) is 19.3 Å². The summed E-state index contributed by atoms with van der Waals surface area (Å²) in [4.78, 5) is 26.9. The summed E-state index contributed by atoms with van der Waals surface area (Å²) in [5, 5.41) is 8.80. The summed E-state index contributed by atoms with van der Waals surface area (Å²) < 4.78 is 0. The second-order valence-electron chi connectivity index (χ2n) is 5.55. The summed E-state index contributed by atoms with van der Waals surface area (Å²) in [5.41, 5.74) is 5.98. The molecule has 0 spiro atoms. The monoisotopic (exact) mass is 269 g/mol. The minimum atomic E-state index is -0.808. The first kappa shape index (κ1) is 14.3. The van der Waals surface area contributed by atoms with Crippen LogP contribution in [0.1, 0.15) is 25.7 Å². The lowest BCUT2D eigenvalue weighted by Gasteiger charge is -2.26. The number of carboxylic acids is 1. The van der Waals surface area contributed by atoms with Gasteiger partial charge in [-0.2, -0.15) is 0 Å². The van der Waals surface area contributed by atoms with Crippen molar-refractivity contribution in [3.63, 3.8) is 0 Å². The van der Waals surface area contributed by atoms with Crippen LogP contribution in [0.3, 0.4) is 0 Å². The fourth-order valence-corrected chi connectivity index (χ4v) is 3.07. The third kappa shape index (κ3) is 3.67. The quantitative estimate of drug-likeness (QED) is 0.736. The zero-order chi connectivity index (χ0) is 13.8. The maximum atomic E-state index is 12.4. The first-order chi connectivity index (χ1) is 9.08. The molecule has 108 valence electrons. The molecule has 2 fully saturated rings. The van der Waals surface area contributed by atoms with Crippen molar-refractivity contribution in [3.05, 3.63) is 0 Å². The molecule has 6 heteroatoms. The Morgan fingerprint density at radius 1 is 1.11 bits per heavy atom. The number of aliphatic carboxylic acids is 1. The van der Waals surface area contributed by atoms with Crippen LogP contribution in [0.5, 0.6) is 0 Å². The van der Waals surface area contributed by atoms with Crippen molar-refractivity contribution in [1.29, 1.82) is 0 Å². The fraction of sp³-hybridized carbons (Fsp3) is 0.846.